The van der Waals surface area contributed by atoms with E-state index in [4.69, 9.17) is 0 Å². The lowest BCUT2D eigenvalue weighted by Crippen LogP contribution is -1.75. The Kier molecular flexibility index (Phi) is 2.22. The molecule has 0 aromatic rings. The van der Waals surface area contributed by atoms with Crippen LogP contribution in [0.25, 0.3) is 0 Å². The molecule has 0 spiro atoms. The van der Waals surface area contributed by atoms with Crippen molar-refractivity contribution in [1.29, 1.82) is 0 Å². The highest BCUT2D eigenvalue weighted by Gasteiger charge is 1.62. The molecule has 0 heterocycles. The zero-order valence-corrected chi connectivity index (χ0v) is 3.57. The van der Waals surface area contributed by atoms with Crippen LogP contribution >= 0.6 is 0 Å². The Bertz CT molecular complexity index is 65.0. The van der Waals surface area contributed by atoms with Gasteiger partial charge in [0.15, 0.2) is 0 Å². The van der Waals surface area contributed by atoms with Crippen molar-refractivity contribution in [3.05, 3.63) is 0 Å². The number of hydrogen-bond acceptors (Lipinski definition) is 3. The van der Waals surface area contributed by atoms with E-state index in [-0.39, 0.29) is 0 Å². The van der Waals surface area contributed by atoms with Gasteiger partial charge in [-0.2, -0.15) is 0 Å². The van der Waals surface area contributed by atoms with Crippen molar-refractivity contribution in [3.8, 4) is 0 Å². The molecule has 0 bridgehead atoms. The Morgan fingerprint density at radius 1 is 1.60 bits per heavy atom. The maximum atomic E-state index is 9.18. The first-order valence-electron chi connectivity index (χ1n) is 0.956. The van der Waals surface area contributed by atoms with E-state index < -0.39 is 11.0 Å². The first-order chi connectivity index (χ1) is 2.27. The minimum absolute atomic E-state index is 1.10. The van der Waals surface area contributed by atoms with Gasteiger partial charge in [-0.25, -0.2) is 8.42 Å². The van der Waals surface area contributed by atoms with Gasteiger partial charge in [-0.15, -0.1) is 0 Å². The molecule has 0 atom stereocenters. The molecule has 30 valence electrons. The Labute approximate surface area is 32.5 Å². The third-order valence-electron chi connectivity index (χ3n) is 0.149. The summed E-state index contributed by atoms with van der Waals surface area (Å²) in [4.78, 5) is 0. The third kappa shape index (κ3) is 3.97. The van der Waals surface area contributed by atoms with Gasteiger partial charge in [0.25, 0.3) is 8.05 Å². The van der Waals surface area contributed by atoms with Crippen LogP contribution in [0.3, 0.4) is 0 Å². The van der Waals surface area contributed by atoms with Crippen LogP contribution < -0.4 is 0 Å². The fourth-order valence-corrected chi connectivity index (χ4v) is 0. The van der Waals surface area contributed by atoms with E-state index >= 15 is 0 Å². The molecule has 0 rings (SSSR count). The SMILES string of the molecule is BO[SH](=O)=O. The molecule has 0 saturated heterocycles. The number of hydrogen-bond donors (Lipinski definition) is 1. The summed E-state index contributed by atoms with van der Waals surface area (Å²) in [5, 5.41) is 0. The highest BCUT2D eigenvalue weighted by Crippen LogP contribution is 1.50. The summed E-state index contributed by atoms with van der Waals surface area (Å²) in [6, 6.07) is 0. The molecule has 0 aliphatic carbocycles. The Morgan fingerprint density at radius 3 is 1.80 bits per heavy atom. The van der Waals surface area contributed by atoms with Crippen LogP contribution in [0.5, 0.6) is 0 Å². The summed E-state index contributed by atoms with van der Waals surface area (Å²) in [6.45, 7) is 0. The molecule has 0 N–H and O–H groups in total. The van der Waals surface area contributed by atoms with Crippen molar-refractivity contribution in [2.45, 2.75) is 0 Å². The Hall–Kier alpha value is -0.0251. The summed E-state index contributed by atoms with van der Waals surface area (Å²) in [7, 11) is -1.50. The quantitative estimate of drug-likeness (QED) is 0.304. The standard InChI is InChI=1S/BH3O3S/c1-4-5(2)3/h5H,1H2. The van der Waals surface area contributed by atoms with Gasteiger partial charge in [0, 0.05) is 0 Å². The highest BCUT2D eigenvalue weighted by atomic mass is 32.2. The van der Waals surface area contributed by atoms with Gasteiger partial charge in [0.2, 0.25) is 11.0 Å². The van der Waals surface area contributed by atoms with Gasteiger partial charge in [-0.3, -0.25) is 0 Å². The predicted octanol–water partition coefficient (Wildman–Crippen LogP) is -1.92. The minimum atomic E-state index is -2.60. The summed E-state index contributed by atoms with van der Waals surface area (Å²) >= 11 is 0. The minimum Gasteiger partial charge on any atom is -0.345 e. The van der Waals surface area contributed by atoms with Gasteiger partial charge in [0.1, 0.15) is 0 Å². The van der Waals surface area contributed by atoms with E-state index in [2.05, 4.69) is 4.10 Å². The molecule has 0 aliphatic rings. The molecular weight excluding hydrogens is 90.9 g/mol. The molecule has 0 amide bonds. The van der Waals surface area contributed by atoms with Gasteiger partial charge in [-0.1, -0.05) is 0 Å². The second-order valence-corrected chi connectivity index (χ2v) is 1.22. The molecule has 5 heteroatoms. The van der Waals surface area contributed by atoms with Crippen molar-refractivity contribution < 1.29 is 12.5 Å². The van der Waals surface area contributed by atoms with Crippen LogP contribution in [0, 0.1) is 0 Å². The lowest BCUT2D eigenvalue weighted by molar-refractivity contribution is 0.533. The van der Waals surface area contributed by atoms with E-state index in [0.29, 0.717) is 0 Å². The van der Waals surface area contributed by atoms with Gasteiger partial charge in [-0.05, 0) is 0 Å². The van der Waals surface area contributed by atoms with Crippen LogP contribution in [0.4, 0.5) is 0 Å². The van der Waals surface area contributed by atoms with Crippen LogP contribution in [0.15, 0.2) is 0 Å². The van der Waals surface area contributed by atoms with Crippen LogP contribution in [-0.4, -0.2) is 16.5 Å². The summed E-state index contributed by atoms with van der Waals surface area (Å²) < 4.78 is 22.1. The van der Waals surface area contributed by atoms with Crippen molar-refractivity contribution in [2.24, 2.45) is 0 Å². The lowest BCUT2D eigenvalue weighted by Gasteiger charge is -1.67. The zero-order valence-electron chi connectivity index (χ0n) is 2.67. The maximum absolute atomic E-state index is 9.18. The molecule has 0 aromatic heterocycles. The van der Waals surface area contributed by atoms with Crippen molar-refractivity contribution in [1.82, 2.24) is 0 Å². The molecular formula is H3BO3S. The first kappa shape index (κ1) is 4.97. The second kappa shape index (κ2) is 2.23. The van der Waals surface area contributed by atoms with Crippen LogP contribution in [0.1, 0.15) is 0 Å². The molecule has 0 unspecified atom stereocenters. The predicted molar refractivity (Wildman–Crippen MR) is 19.9 cm³/mol. The fourth-order valence-electron chi connectivity index (χ4n) is 0. The van der Waals surface area contributed by atoms with Gasteiger partial charge in [0.05, 0.1) is 0 Å². The fraction of sp³-hybridized carbons (Fsp3) is 0. The van der Waals surface area contributed by atoms with Crippen molar-refractivity contribution in [3.63, 3.8) is 0 Å². The molecule has 3 nitrogen and oxygen atoms in total. The molecule has 0 fully saturated rings. The van der Waals surface area contributed by atoms with Crippen molar-refractivity contribution in [2.75, 3.05) is 0 Å². The summed E-state index contributed by atoms with van der Waals surface area (Å²) in [6.07, 6.45) is 0. The third-order valence-corrected chi connectivity index (χ3v) is 0.447. The molecule has 5 heavy (non-hydrogen) atoms. The van der Waals surface area contributed by atoms with E-state index in [1.54, 1.807) is 0 Å². The molecule has 0 aromatic carbocycles. The first-order valence-corrected chi connectivity index (χ1v) is 2.05. The smallest absolute Gasteiger partial charge is 0.283 e. The summed E-state index contributed by atoms with van der Waals surface area (Å²) in [5.41, 5.74) is 0. The Balaban J connectivity index is 3.23. The van der Waals surface area contributed by atoms with Crippen LogP contribution in [-0.2, 0) is 15.1 Å². The monoisotopic (exact) mass is 94.0 g/mol. The molecule has 0 radical (unpaired) electrons. The molecule has 0 saturated carbocycles. The van der Waals surface area contributed by atoms with E-state index in [0.717, 1.165) is 8.05 Å². The maximum Gasteiger partial charge on any atom is 0.283 e. The van der Waals surface area contributed by atoms with E-state index in [9.17, 15) is 8.42 Å². The Morgan fingerprint density at radius 2 is 1.80 bits per heavy atom. The van der Waals surface area contributed by atoms with E-state index in [1.807, 2.05) is 0 Å². The number of rotatable bonds is 1. The lowest BCUT2D eigenvalue weighted by atomic mass is 10.6. The summed E-state index contributed by atoms with van der Waals surface area (Å²) in [5.74, 6) is 0. The van der Waals surface area contributed by atoms with Gasteiger partial charge < -0.3 is 4.10 Å². The van der Waals surface area contributed by atoms with Gasteiger partial charge >= 0.3 is 0 Å². The van der Waals surface area contributed by atoms with Crippen LogP contribution in [0.2, 0.25) is 0 Å². The average molecular weight is 93.9 g/mol. The topological polar surface area (TPSA) is 43.4 Å². The second-order valence-electron chi connectivity index (χ2n) is 0.406. The van der Waals surface area contributed by atoms with E-state index in [1.165, 1.54) is 0 Å². The average Bonchev–Trinajstić information content (AvgIpc) is 1.38. The highest BCUT2D eigenvalue weighted by molar-refractivity contribution is 7.68. The normalized spacial score (nSPS) is 9.00. The largest absolute Gasteiger partial charge is 0.345 e. The van der Waals surface area contributed by atoms with Crippen molar-refractivity contribution >= 4 is 19.0 Å². The zero-order chi connectivity index (χ0) is 4.28. The number of thiol groups is 1. The molecule has 0 aliphatic heterocycles.